The van der Waals surface area contributed by atoms with E-state index in [4.69, 9.17) is 9.47 Å². The summed E-state index contributed by atoms with van der Waals surface area (Å²) in [5.41, 5.74) is 4.99. The molecule has 0 saturated heterocycles. The monoisotopic (exact) mass is 666 g/mol. The highest BCUT2D eigenvalue weighted by atomic mass is 16.6. The van der Waals surface area contributed by atoms with Gasteiger partial charge in [-0.2, -0.15) is 0 Å². The lowest BCUT2D eigenvalue weighted by molar-refractivity contribution is -0.159. The number of rotatable bonds is 10. The van der Waals surface area contributed by atoms with Gasteiger partial charge in [0.1, 0.15) is 18.2 Å². The second-order valence-corrected chi connectivity index (χ2v) is 16.3. The molecule has 49 heavy (non-hydrogen) atoms. The van der Waals surface area contributed by atoms with Crippen molar-refractivity contribution in [2.45, 2.75) is 111 Å². The van der Waals surface area contributed by atoms with Crippen LogP contribution in [0.5, 0.6) is 0 Å². The molecule has 1 amide bonds. The van der Waals surface area contributed by atoms with Gasteiger partial charge in [-0.1, -0.05) is 68.0 Å². The molecule has 2 saturated carbocycles. The number of allylic oxidation sites excluding steroid dienone is 3. The van der Waals surface area contributed by atoms with Gasteiger partial charge in [-0.25, -0.2) is 0 Å². The quantitative estimate of drug-likeness (QED) is 0.188. The van der Waals surface area contributed by atoms with E-state index in [1.807, 2.05) is 69.6 Å². The molecule has 1 aromatic heterocycles. The molecule has 4 aliphatic rings. The molecule has 1 aromatic carbocycles. The Labute approximate surface area is 292 Å². The minimum atomic E-state index is -0.644. The third kappa shape index (κ3) is 7.71. The molecular weight excluding hydrogens is 612 g/mol. The summed E-state index contributed by atoms with van der Waals surface area (Å²) < 4.78 is 11.5. The van der Waals surface area contributed by atoms with E-state index in [2.05, 4.69) is 37.0 Å². The first-order chi connectivity index (χ1) is 23.4. The number of aromatic nitrogens is 1. The Bertz CT molecular complexity index is 1580. The fourth-order valence-corrected chi connectivity index (χ4v) is 9.61. The van der Waals surface area contributed by atoms with E-state index in [0.717, 1.165) is 37.7 Å². The van der Waals surface area contributed by atoms with Crippen LogP contribution in [0.15, 0.2) is 72.6 Å². The number of carbonyl (C=O) groups excluding carboxylic acids is 3. The summed E-state index contributed by atoms with van der Waals surface area (Å²) in [6.45, 7) is 10.6. The first-order valence-electron chi connectivity index (χ1n) is 18.4. The molecule has 2 fully saturated rings. The van der Waals surface area contributed by atoms with Crippen molar-refractivity contribution in [1.82, 2.24) is 9.88 Å². The zero-order chi connectivity index (χ0) is 34.8. The molecule has 1 heterocycles. The van der Waals surface area contributed by atoms with Crippen molar-refractivity contribution in [3.8, 4) is 0 Å². The number of amides is 1. The minimum Gasteiger partial charge on any atom is -0.462 e. The number of nitrogens with zero attached hydrogens (tertiary/aromatic N) is 2. The normalized spacial score (nSPS) is 29.0. The van der Waals surface area contributed by atoms with Crippen LogP contribution < -0.4 is 0 Å². The molecule has 1 unspecified atom stereocenters. The van der Waals surface area contributed by atoms with Gasteiger partial charge in [-0.3, -0.25) is 19.4 Å². The summed E-state index contributed by atoms with van der Waals surface area (Å²) in [5, 5.41) is 0. The van der Waals surface area contributed by atoms with Gasteiger partial charge in [0, 0.05) is 31.8 Å². The van der Waals surface area contributed by atoms with Crippen molar-refractivity contribution in [2.75, 3.05) is 13.1 Å². The predicted octanol–water partition coefficient (Wildman–Crippen LogP) is 8.14. The molecule has 262 valence electrons. The Balaban J connectivity index is 1.03. The lowest BCUT2D eigenvalue weighted by atomic mass is 9.47. The number of fused-ring (bicyclic) bond motifs is 5. The molecule has 0 spiro atoms. The van der Waals surface area contributed by atoms with Crippen LogP contribution in [0, 0.1) is 28.6 Å². The third-order valence-corrected chi connectivity index (χ3v) is 12.1. The van der Waals surface area contributed by atoms with Crippen molar-refractivity contribution in [1.29, 1.82) is 0 Å². The van der Waals surface area contributed by atoms with E-state index in [0.29, 0.717) is 30.7 Å². The van der Waals surface area contributed by atoms with Crippen LogP contribution >= 0.6 is 0 Å². The predicted molar refractivity (Wildman–Crippen MR) is 191 cm³/mol. The molecule has 7 heteroatoms. The van der Waals surface area contributed by atoms with Crippen LogP contribution in [0.3, 0.4) is 0 Å². The molecule has 6 rings (SSSR count). The smallest absolute Gasteiger partial charge is 0.326 e. The van der Waals surface area contributed by atoms with Gasteiger partial charge in [0.15, 0.2) is 0 Å². The summed E-state index contributed by atoms with van der Waals surface area (Å²) in [5.74, 6) is 0.914. The highest BCUT2D eigenvalue weighted by Gasteiger charge is 2.57. The summed E-state index contributed by atoms with van der Waals surface area (Å²) >= 11 is 0. The van der Waals surface area contributed by atoms with E-state index in [-0.39, 0.29) is 48.2 Å². The van der Waals surface area contributed by atoms with Crippen LogP contribution in [0.2, 0.25) is 0 Å². The van der Waals surface area contributed by atoms with Crippen LogP contribution in [0.4, 0.5) is 0 Å². The Morgan fingerprint density at radius 2 is 1.67 bits per heavy atom. The van der Waals surface area contributed by atoms with Crippen molar-refractivity contribution < 1.29 is 23.9 Å². The molecule has 7 nitrogen and oxygen atoms in total. The van der Waals surface area contributed by atoms with Gasteiger partial charge < -0.3 is 14.4 Å². The number of pyridine rings is 1. The number of ether oxygens (including phenoxy) is 2. The Kier molecular flexibility index (Phi) is 10.2. The van der Waals surface area contributed by atoms with Crippen molar-refractivity contribution in [3.05, 3.63) is 83.7 Å². The minimum absolute atomic E-state index is 0.000959. The molecule has 2 aromatic rings. The number of carbonyl (C=O) groups is 3. The third-order valence-electron chi connectivity index (χ3n) is 12.1. The maximum atomic E-state index is 13.3. The van der Waals surface area contributed by atoms with Gasteiger partial charge >= 0.3 is 11.9 Å². The SMILES string of the molecule is CC(C)(C)OC(=O)CN(CCc1ccccc1)C(=O)CCC(=O)O[C@H]1CC[C@@]2(C)C(=CC[C@H]3C4CC=C(c5cccnc5)[C@@]4(C)CC[C@@H]32)C1. The highest BCUT2D eigenvalue weighted by molar-refractivity contribution is 5.85. The molecule has 0 bridgehead atoms. The summed E-state index contributed by atoms with van der Waals surface area (Å²) in [6, 6.07) is 14.1. The lowest BCUT2D eigenvalue weighted by Crippen LogP contribution is -2.50. The molecule has 4 aliphatic carbocycles. The summed E-state index contributed by atoms with van der Waals surface area (Å²) in [7, 11) is 0. The van der Waals surface area contributed by atoms with Crippen LogP contribution in [0.25, 0.3) is 5.57 Å². The number of esters is 2. The van der Waals surface area contributed by atoms with Gasteiger partial charge in [-0.05, 0) is 117 Å². The van der Waals surface area contributed by atoms with Crippen LogP contribution in [0.1, 0.15) is 104 Å². The van der Waals surface area contributed by atoms with Gasteiger partial charge in [0.2, 0.25) is 5.91 Å². The van der Waals surface area contributed by atoms with Crippen molar-refractivity contribution in [3.63, 3.8) is 0 Å². The second-order valence-electron chi connectivity index (χ2n) is 16.3. The van der Waals surface area contributed by atoms with Crippen LogP contribution in [-0.2, 0) is 30.3 Å². The van der Waals surface area contributed by atoms with Gasteiger partial charge in [0.05, 0.1) is 6.42 Å². The standard InChI is InChI=1S/C42H54N2O5/c1-40(2,3)49-39(47)28-44(25-21-29-10-7-6-8-11-29)37(45)17-18-38(46)48-32-19-22-41(4)31(26-32)13-14-33-35-16-15-34(30-12-9-24-43-27-30)42(35,5)23-20-36(33)41/h6-13,15,24,27,32-33,35-36H,14,16-23,25-26,28H2,1-5H3/t32-,33-,35?,36-,41-,42+/m0/s1. The zero-order valence-electron chi connectivity index (χ0n) is 30.1. The van der Waals surface area contributed by atoms with E-state index < -0.39 is 11.6 Å². The average Bonchev–Trinajstić information content (AvgIpc) is 3.43. The van der Waals surface area contributed by atoms with Crippen molar-refractivity contribution in [2.24, 2.45) is 28.6 Å². The first kappa shape index (κ1) is 35.1. The topological polar surface area (TPSA) is 85.8 Å². The highest BCUT2D eigenvalue weighted by Crippen LogP contribution is 2.66. The first-order valence-corrected chi connectivity index (χ1v) is 18.4. The zero-order valence-corrected chi connectivity index (χ0v) is 30.1. The largest absolute Gasteiger partial charge is 0.462 e. The maximum absolute atomic E-state index is 13.3. The summed E-state index contributed by atoms with van der Waals surface area (Å²) in [6.07, 6.45) is 16.6. The average molecular weight is 667 g/mol. The molecule has 0 radical (unpaired) electrons. The fourth-order valence-electron chi connectivity index (χ4n) is 9.61. The fraction of sp³-hybridized carbons (Fsp3) is 0.571. The Morgan fingerprint density at radius 3 is 2.41 bits per heavy atom. The van der Waals surface area contributed by atoms with E-state index in [9.17, 15) is 14.4 Å². The molecular formula is C42H54N2O5. The van der Waals surface area contributed by atoms with Gasteiger partial charge in [-0.15, -0.1) is 0 Å². The lowest BCUT2D eigenvalue weighted by Gasteiger charge is -2.57. The Hall–Kier alpha value is -3.74. The van der Waals surface area contributed by atoms with Crippen molar-refractivity contribution >= 4 is 23.4 Å². The molecule has 6 atom stereocenters. The van der Waals surface area contributed by atoms with Crippen LogP contribution in [-0.4, -0.2) is 52.5 Å². The van der Waals surface area contributed by atoms with E-state index >= 15 is 0 Å². The molecule has 0 N–H and O–H groups in total. The maximum Gasteiger partial charge on any atom is 0.326 e. The van der Waals surface area contributed by atoms with E-state index in [1.165, 1.54) is 34.5 Å². The number of hydrogen-bond acceptors (Lipinski definition) is 6. The van der Waals surface area contributed by atoms with Gasteiger partial charge in [0.25, 0.3) is 0 Å². The Morgan fingerprint density at radius 1 is 0.898 bits per heavy atom. The van der Waals surface area contributed by atoms with E-state index in [1.54, 1.807) is 0 Å². The number of benzene rings is 1. The number of hydrogen-bond donors (Lipinski definition) is 0. The summed E-state index contributed by atoms with van der Waals surface area (Å²) in [4.78, 5) is 45.0. The second kappa shape index (κ2) is 14.2. The molecule has 0 aliphatic heterocycles.